The van der Waals surface area contributed by atoms with Gasteiger partial charge in [0.2, 0.25) is 11.8 Å². The average Bonchev–Trinajstić information content (AvgIpc) is 3.54. The first-order valence-electron chi connectivity index (χ1n) is 19.7. The van der Waals surface area contributed by atoms with Crippen LogP contribution in [0.4, 0.5) is 4.79 Å². The summed E-state index contributed by atoms with van der Waals surface area (Å²) in [5.74, 6) is -7.49. The van der Waals surface area contributed by atoms with Crippen LogP contribution in [-0.2, 0) is 42.9 Å². The fourth-order valence-corrected chi connectivity index (χ4v) is 7.78. The number of carbonyl (C=O) groups excluding carboxylic acids is 3. The number of amides is 3. The maximum Gasteiger partial charge on any atom is 0.407 e. The minimum Gasteiger partial charge on any atom is -0.480 e. The number of aliphatic hydroxyl groups excluding tert-OH is 6. The van der Waals surface area contributed by atoms with E-state index in [1.54, 1.807) is 0 Å². The van der Waals surface area contributed by atoms with Gasteiger partial charge >= 0.3 is 18.0 Å². The summed E-state index contributed by atoms with van der Waals surface area (Å²) in [6.07, 6.45) is -15.6. The number of hydrogen-bond donors (Lipinski definition) is 11. The van der Waals surface area contributed by atoms with Crippen LogP contribution in [0.5, 0.6) is 0 Å². The number of unbranched alkanes of at least 4 members (excludes halogenated alkanes) is 1. The highest BCUT2D eigenvalue weighted by Crippen LogP contribution is 2.44. The lowest BCUT2D eigenvalue weighted by molar-refractivity contribution is -0.330. The molecule has 21 nitrogen and oxygen atoms in total. The summed E-state index contributed by atoms with van der Waals surface area (Å²) in [7, 11) is 0. The van der Waals surface area contributed by atoms with E-state index >= 15 is 0 Å². The summed E-state index contributed by atoms with van der Waals surface area (Å²) < 4.78 is 28.3. The summed E-state index contributed by atoms with van der Waals surface area (Å²) in [6, 6.07) is 11.3. The predicted molar refractivity (Wildman–Crippen MR) is 206 cm³/mol. The highest BCUT2D eigenvalue weighted by molar-refractivity contribution is 5.81. The number of aliphatic hydroxyl groups is 6. The molecule has 0 aromatic heterocycles. The first kappa shape index (κ1) is 47.2. The topological polar surface area (TPSA) is 329 Å². The Morgan fingerprint density at radius 3 is 2.03 bits per heavy atom. The minimum absolute atomic E-state index is 0.0206. The number of carbonyl (C=O) groups is 5. The molecule has 0 radical (unpaired) electrons. The predicted octanol–water partition coefficient (Wildman–Crippen LogP) is -1.72. The molecule has 2 aliphatic heterocycles. The molecular formula is C40H53N3O18. The number of rotatable bonds is 19. The molecule has 2 saturated heterocycles. The van der Waals surface area contributed by atoms with Gasteiger partial charge in [0.1, 0.15) is 55.3 Å². The van der Waals surface area contributed by atoms with Gasteiger partial charge in [0.15, 0.2) is 6.29 Å². The number of hydrogen-bond acceptors (Lipinski definition) is 16. The zero-order valence-electron chi connectivity index (χ0n) is 33.4. The second-order valence-corrected chi connectivity index (χ2v) is 15.2. The summed E-state index contributed by atoms with van der Waals surface area (Å²) in [4.78, 5) is 61.3. The number of ether oxygens (including phenoxy) is 5. The van der Waals surface area contributed by atoms with E-state index in [9.17, 15) is 64.8 Å². The van der Waals surface area contributed by atoms with Crippen molar-refractivity contribution in [3.8, 4) is 11.1 Å². The van der Waals surface area contributed by atoms with Gasteiger partial charge in [-0.15, -0.1) is 0 Å². The fraction of sp³-hybridized carbons (Fsp3) is 0.575. The van der Waals surface area contributed by atoms with E-state index < -0.39 is 122 Å². The Morgan fingerprint density at radius 2 is 1.46 bits per heavy atom. The zero-order chi connectivity index (χ0) is 44.6. The Bertz CT molecular complexity index is 1820. The van der Waals surface area contributed by atoms with Crippen molar-refractivity contribution in [3.05, 3.63) is 59.7 Å². The van der Waals surface area contributed by atoms with Crippen LogP contribution in [0.1, 0.15) is 56.6 Å². The van der Waals surface area contributed by atoms with Crippen LogP contribution in [-0.4, -0.2) is 170 Å². The van der Waals surface area contributed by atoms with Crippen molar-refractivity contribution in [2.24, 2.45) is 0 Å². The van der Waals surface area contributed by atoms with Gasteiger partial charge in [-0.2, -0.15) is 0 Å². The molecule has 0 spiro atoms. The third-order valence-electron chi connectivity index (χ3n) is 10.8. The van der Waals surface area contributed by atoms with Crippen LogP contribution in [0.2, 0.25) is 0 Å². The molecule has 336 valence electrons. The molecule has 2 aromatic carbocycles. The van der Waals surface area contributed by atoms with Gasteiger partial charge in [-0.1, -0.05) is 48.5 Å². The van der Waals surface area contributed by atoms with E-state index in [2.05, 4.69) is 16.0 Å². The molecule has 12 atom stereocenters. The highest BCUT2D eigenvalue weighted by atomic mass is 16.7. The van der Waals surface area contributed by atoms with Crippen molar-refractivity contribution in [1.82, 2.24) is 16.0 Å². The molecule has 21 heteroatoms. The summed E-state index contributed by atoms with van der Waals surface area (Å²) >= 11 is 0. The molecule has 61 heavy (non-hydrogen) atoms. The van der Waals surface area contributed by atoms with Gasteiger partial charge in [-0.05, 0) is 41.5 Å². The van der Waals surface area contributed by atoms with Crippen molar-refractivity contribution in [1.29, 1.82) is 0 Å². The smallest absolute Gasteiger partial charge is 0.407 e. The molecule has 0 unspecified atom stereocenters. The monoisotopic (exact) mass is 863 g/mol. The Morgan fingerprint density at radius 1 is 0.852 bits per heavy atom. The highest BCUT2D eigenvalue weighted by Gasteiger charge is 2.57. The first-order valence-corrected chi connectivity index (χ1v) is 19.7. The Hall–Kier alpha value is -4.81. The molecule has 0 saturated carbocycles. The van der Waals surface area contributed by atoms with Crippen molar-refractivity contribution in [2.75, 3.05) is 26.4 Å². The van der Waals surface area contributed by atoms with Crippen LogP contribution >= 0.6 is 0 Å². The number of nitrogens with one attached hydrogen (secondary N) is 3. The number of alkyl carbamates (subject to hydrolysis) is 1. The molecule has 2 heterocycles. The molecule has 11 N–H and O–H groups in total. The lowest BCUT2D eigenvalue weighted by Crippen LogP contribution is -2.69. The molecule has 5 rings (SSSR count). The van der Waals surface area contributed by atoms with Crippen LogP contribution < -0.4 is 16.0 Å². The molecule has 0 bridgehead atoms. The van der Waals surface area contributed by atoms with Crippen LogP contribution in [0.3, 0.4) is 0 Å². The van der Waals surface area contributed by atoms with E-state index in [4.69, 9.17) is 23.7 Å². The van der Waals surface area contributed by atoms with Crippen LogP contribution in [0.25, 0.3) is 11.1 Å². The largest absolute Gasteiger partial charge is 0.480 e. The maximum atomic E-state index is 12.8. The zero-order valence-corrected chi connectivity index (χ0v) is 33.4. The van der Waals surface area contributed by atoms with Gasteiger partial charge in [0.25, 0.3) is 5.79 Å². The number of aliphatic carboxylic acids is 2. The Kier molecular flexibility index (Phi) is 16.1. The fourth-order valence-electron chi connectivity index (χ4n) is 7.78. The SMILES string of the molecule is CC(=O)N[C@H]1[C@@H](OCCCC[C@H](NC(=O)OCC2c3ccccc3-c3ccccc32)C(=O)O)O[C@H](CO[C@]2(C(=O)O)C[C@H](O)[C@@H](NC(C)=O)[C@H]([C@H](O)[C@H](O)CO)O2)[C@H](O)[C@@H]1O. The number of carboxylic acid groups (broad SMARTS) is 2. The minimum atomic E-state index is -2.79. The van der Waals surface area contributed by atoms with E-state index in [0.717, 1.165) is 36.1 Å². The normalized spacial score (nSPS) is 28.7. The summed E-state index contributed by atoms with van der Waals surface area (Å²) in [5, 5.41) is 90.2. The van der Waals surface area contributed by atoms with Gasteiger partial charge in [0, 0.05) is 32.8 Å². The van der Waals surface area contributed by atoms with Gasteiger partial charge < -0.3 is 80.5 Å². The summed E-state index contributed by atoms with van der Waals surface area (Å²) in [6.45, 7) is 0.180. The van der Waals surface area contributed by atoms with E-state index in [1.807, 2.05) is 48.5 Å². The molecule has 2 fully saturated rings. The van der Waals surface area contributed by atoms with Gasteiger partial charge in [-0.3, -0.25) is 9.59 Å². The quantitative estimate of drug-likeness (QED) is 0.0700. The second kappa shape index (κ2) is 20.8. The third kappa shape index (κ3) is 11.2. The first-order chi connectivity index (χ1) is 29.0. The second-order valence-electron chi connectivity index (χ2n) is 15.2. The van der Waals surface area contributed by atoms with Crippen LogP contribution in [0.15, 0.2) is 48.5 Å². The van der Waals surface area contributed by atoms with Crippen molar-refractivity contribution >= 4 is 29.8 Å². The standard InChI is InChI=1S/C40H53N3O18/c1-19(45)41-30-27(47)15-40(38(54)55,61-35(30)32(49)28(48)16-44)59-18-29-33(50)34(51)31(42-20(2)46)37(60-29)57-14-8-7-13-26(36(52)53)43-39(56)58-17-25-23-11-5-3-9-21(23)22-10-4-6-12-24(22)25/h3-6,9-12,25-35,37,44,47-51H,7-8,13-18H2,1-2H3,(H,41,45)(H,42,46)(H,43,56)(H,52,53)(H,54,55)/t26-,27-,28+,29+,30+,31+,32+,33-,34+,35+,37-,40+/m0/s1. The molecule has 3 aliphatic rings. The molecule has 3 amide bonds. The molecular weight excluding hydrogens is 810 g/mol. The van der Waals surface area contributed by atoms with E-state index in [1.165, 1.54) is 0 Å². The molecule has 1 aliphatic carbocycles. The van der Waals surface area contributed by atoms with Crippen molar-refractivity contribution < 1.29 is 88.5 Å². The summed E-state index contributed by atoms with van der Waals surface area (Å²) in [5.41, 5.74) is 4.03. The molecule has 2 aromatic rings. The number of carboxylic acids is 2. The lowest BCUT2D eigenvalue weighted by atomic mass is 9.88. The Balaban J connectivity index is 1.17. The third-order valence-corrected chi connectivity index (χ3v) is 10.8. The van der Waals surface area contributed by atoms with Gasteiger partial charge in [0.05, 0.1) is 25.4 Å². The maximum absolute atomic E-state index is 12.8. The lowest BCUT2D eigenvalue weighted by Gasteiger charge is -2.47. The van der Waals surface area contributed by atoms with E-state index in [-0.39, 0.29) is 38.4 Å². The number of fused-ring (bicyclic) bond motifs is 3. The van der Waals surface area contributed by atoms with Crippen molar-refractivity contribution in [3.63, 3.8) is 0 Å². The van der Waals surface area contributed by atoms with Gasteiger partial charge in [-0.25, -0.2) is 14.4 Å². The Labute approximate surface area is 349 Å². The van der Waals surface area contributed by atoms with Crippen LogP contribution in [0, 0.1) is 0 Å². The van der Waals surface area contributed by atoms with E-state index in [0.29, 0.717) is 0 Å². The number of benzene rings is 2. The van der Waals surface area contributed by atoms with Crippen molar-refractivity contribution in [2.45, 2.75) is 118 Å². The average molecular weight is 864 g/mol.